The van der Waals surface area contributed by atoms with E-state index in [1.54, 1.807) is 30.3 Å². The topological polar surface area (TPSA) is 73.1 Å². The predicted octanol–water partition coefficient (Wildman–Crippen LogP) is 2.72. The molecule has 1 aromatic carbocycles. The molecular weight excluding hydrogens is 300 g/mol. The zero-order valence-electron chi connectivity index (χ0n) is 11.9. The minimum atomic E-state index is -3.43. The molecule has 2 aliphatic carbocycles. The number of sulfone groups is 1. The van der Waals surface area contributed by atoms with Gasteiger partial charge in [0.25, 0.3) is 0 Å². The Morgan fingerprint density at radius 1 is 1.14 bits per heavy atom. The molecule has 0 N–H and O–H groups in total. The Kier molecular flexibility index (Phi) is 3.14. The van der Waals surface area contributed by atoms with Crippen LogP contribution in [0.3, 0.4) is 0 Å². The van der Waals surface area contributed by atoms with Crippen LogP contribution < -0.4 is 0 Å². The lowest BCUT2D eigenvalue weighted by Crippen LogP contribution is -2.08. The summed E-state index contributed by atoms with van der Waals surface area (Å²) in [7, 11) is -3.43. The van der Waals surface area contributed by atoms with Crippen molar-refractivity contribution in [2.45, 2.75) is 29.4 Å². The molecule has 0 spiro atoms. The number of fused-ring (bicyclic) bond motifs is 2. The van der Waals surface area contributed by atoms with E-state index in [9.17, 15) is 8.42 Å². The van der Waals surface area contributed by atoms with E-state index in [4.69, 9.17) is 4.52 Å². The Morgan fingerprint density at radius 3 is 2.64 bits per heavy atom. The molecule has 1 aromatic heterocycles. The van der Waals surface area contributed by atoms with Crippen molar-refractivity contribution in [1.29, 1.82) is 0 Å². The smallest absolute Gasteiger partial charge is 0.230 e. The second-order valence-corrected chi connectivity index (χ2v) is 8.00. The minimum absolute atomic E-state index is 0.225. The number of hydrogen-bond donors (Lipinski definition) is 0. The predicted molar refractivity (Wildman–Crippen MR) is 79.7 cm³/mol. The maximum absolute atomic E-state index is 12.3. The summed E-state index contributed by atoms with van der Waals surface area (Å²) in [6.45, 7) is 0. The number of nitrogens with zero attached hydrogens (tertiary/aromatic N) is 2. The maximum Gasteiger partial charge on any atom is 0.230 e. The number of rotatable bonds is 4. The fourth-order valence-corrected chi connectivity index (χ4v) is 4.62. The summed E-state index contributed by atoms with van der Waals surface area (Å²) >= 11 is 0. The normalized spacial score (nSPS) is 26.6. The van der Waals surface area contributed by atoms with E-state index >= 15 is 0 Å². The Morgan fingerprint density at radius 2 is 1.95 bits per heavy atom. The van der Waals surface area contributed by atoms with Crippen LogP contribution in [-0.4, -0.2) is 18.6 Å². The van der Waals surface area contributed by atoms with Crippen LogP contribution in [-0.2, 0) is 15.6 Å². The lowest BCUT2D eigenvalue weighted by Gasteiger charge is -2.12. The van der Waals surface area contributed by atoms with Gasteiger partial charge in [-0.05, 0) is 36.8 Å². The Bertz CT molecular complexity index is 811. The van der Waals surface area contributed by atoms with Gasteiger partial charge < -0.3 is 4.52 Å². The first-order chi connectivity index (χ1) is 10.6. The van der Waals surface area contributed by atoms with E-state index in [1.807, 2.05) is 0 Å². The molecule has 2 aromatic rings. The third-order valence-corrected chi connectivity index (χ3v) is 6.13. The highest BCUT2D eigenvalue weighted by molar-refractivity contribution is 7.90. The largest absolute Gasteiger partial charge is 0.339 e. The molecule has 0 radical (unpaired) electrons. The Labute approximate surface area is 129 Å². The van der Waals surface area contributed by atoms with Crippen LogP contribution in [0.25, 0.3) is 0 Å². The van der Waals surface area contributed by atoms with E-state index in [0.29, 0.717) is 17.7 Å². The van der Waals surface area contributed by atoms with Gasteiger partial charge in [0.05, 0.1) is 4.90 Å². The second kappa shape index (κ2) is 5.05. The molecule has 1 saturated carbocycles. The second-order valence-electron chi connectivity index (χ2n) is 6.01. The van der Waals surface area contributed by atoms with Crippen LogP contribution >= 0.6 is 0 Å². The fraction of sp³-hybridized carbons (Fsp3) is 0.375. The van der Waals surface area contributed by atoms with Gasteiger partial charge in [-0.25, -0.2) is 8.42 Å². The number of allylic oxidation sites excluding steroid dienone is 2. The van der Waals surface area contributed by atoms with E-state index in [1.165, 1.54) is 0 Å². The fourth-order valence-electron chi connectivity index (χ4n) is 3.42. The van der Waals surface area contributed by atoms with Crippen LogP contribution in [0.15, 0.2) is 51.9 Å². The first-order valence-electron chi connectivity index (χ1n) is 7.40. The van der Waals surface area contributed by atoms with Crippen molar-refractivity contribution in [3.05, 3.63) is 54.2 Å². The van der Waals surface area contributed by atoms with Crippen molar-refractivity contribution in [3.63, 3.8) is 0 Å². The average molecular weight is 316 g/mol. The summed E-state index contributed by atoms with van der Waals surface area (Å²) in [6.07, 6.45) is 6.63. The van der Waals surface area contributed by atoms with Gasteiger partial charge in [0, 0.05) is 5.92 Å². The van der Waals surface area contributed by atoms with E-state index in [2.05, 4.69) is 22.3 Å². The highest BCUT2D eigenvalue weighted by atomic mass is 32.2. The van der Waals surface area contributed by atoms with Gasteiger partial charge in [-0.2, -0.15) is 4.98 Å². The number of hydrogen-bond acceptors (Lipinski definition) is 5. The van der Waals surface area contributed by atoms with Gasteiger partial charge >= 0.3 is 0 Å². The molecule has 0 amide bonds. The molecule has 1 fully saturated rings. The van der Waals surface area contributed by atoms with Crippen LogP contribution in [0.1, 0.15) is 30.5 Å². The van der Waals surface area contributed by atoms with Crippen molar-refractivity contribution < 1.29 is 12.9 Å². The monoisotopic (exact) mass is 316 g/mol. The van der Waals surface area contributed by atoms with Gasteiger partial charge in [-0.15, -0.1) is 0 Å². The lowest BCUT2D eigenvalue weighted by atomic mass is 9.94. The first kappa shape index (κ1) is 13.7. The zero-order valence-corrected chi connectivity index (χ0v) is 12.7. The molecule has 1 heterocycles. The highest BCUT2D eigenvalue weighted by Crippen LogP contribution is 2.48. The highest BCUT2D eigenvalue weighted by Gasteiger charge is 2.39. The summed E-state index contributed by atoms with van der Waals surface area (Å²) in [5.41, 5.74) is 0. The summed E-state index contributed by atoms with van der Waals surface area (Å²) < 4.78 is 30.0. The standard InChI is InChI=1S/C16H16N2O3S/c19-22(20,13-4-2-1-3-5-13)10-15-17-16(21-18-15)14-9-11-6-7-12(14)8-11/h1-7,11-12,14H,8-10H2/t11-,12+,14+/m1/s1. The molecule has 0 unspecified atom stereocenters. The maximum atomic E-state index is 12.3. The molecule has 3 atom stereocenters. The molecule has 2 bridgehead atoms. The molecule has 4 rings (SSSR count). The summed E-state index contributed by atoms with van der Waals surface area (Å²) in [6, 6.07) is 8.36. The van der Waals surface area contributed by atoms with Gasteiger partial charge in [0.15, 0.2) is 15.7 Å². The summed E-state index contributed by atoms with van der Waals surface area (Å²) in [5.74, 6) is 1.91. The van der Waals surface area contributed by atoms with E-state index in [-0.39, 0.29) is 22.4 Å². The molecule has 22 heavy (non-hydrogen) atoms. The molecule has 5 nitrogen and oxygen atoms in total. The molecule has 0 saturated heterocycles. The van der Waals surface area contributed by atoms with Crippen molar-refractivity contribution in [2.75, 3.05) is 0 Å². The van der Waals surface area contributed by atoms with E-state index in [0.717, 1.165) is 12.8 Å². The third kappa shape index (κ3) is 2.37. The van der Waals surface area contributed by atoms with Gasteiger partial charge in [0.2, 0.25) is 5.89 Å². The van der Waals surface area contributed by atoms with Gasteiger partial charge in [-0.3, -0.25) is 0 Å². The van der Waals surface area contributed by atoms with Crippen LogP contribution in [0, 0.1) is 11.8 Å². The zero-order chi connectivity index (χ0) is 15.2. The van der Waals surface area contributed by atoms with Crippen molar-refractivity contribution in [1.82, 2.24) is 10.1 Å². The average Bonchev–Trinajstić information content (AvgIpc) is 3.23. The summed E-state index contributed by atoms with van der Waals surface area (Å²) in [5, 5.41) is 3.87. The SMILES string of the molecule is O=S(=O)(Cc1noc([C@H]2C[C@@H]3C=C[C@H]2C3)n1)c1ccccc1. The Hall–Kier alpha value is -1.95. The van der Waals surface area contributed by atoms with Gasteiger partial charge in [-0.1, -0.05) is 35.5 Å². The molecule has 2 aliphatic rings. The lowest BCUT2D eigenvalue weighted by molar-refractivity contribution is 0.334. The quantitative estimate of drug-likeness (QED) is 0.811. The molecule has 6 heteroatoms. The van der Waals surface area contributed by atoms with Crippen LogP contribution in [0.5, 0.6) is 0 Å². The molecule has 0 aliphatic heterocycles. The third-order valence-electron chi connectivity index (χ3n) is 4.50. The van der Waals surface area contributed by atoms with Crippen molar-refractivity contribution in [2.24, 2.45) is 11.8 Å². The minimum Gasteiger partial charge on any atom is -0.339 e. The molecular formula is C16H16N2O3S. The van der Waals surface area contributed by atoms with Crippen LogP contribution in [0.4, 0.5) is 0 Å². The van der Waals surface area contributed by atoms with E-state index < -0.39 is 9.84 Å². The first-order valence-corrected chi connectivity index (χ1v) is 9.06. The van der Waals surface area contributed by atoms with Crippen molar-refractivity contribution in [3.8, 4) is 0 Å². The van der Waals surface area contributed by atoms with Crippen LogP contribution in [0.2, 0.25) is 0 Å². The summed E-state index contributed by atoms with van der Waals surface area (Å²) in [4.78, 5) is 4.61. The Balaban J connectivity index is 1.54. The number of benzene rings is 1. The van der Waals surface area contributed by atoms with Gasteiger partial charge in [0.1, 0.15) is 5.75 Å². The van der Waals surface area contributed by atoms with Crippen molar-refractivity contribution >= 4 is 9.84 Å². The molecule has 114 valence electrons. The number of aromatic nitrogens is 2.